The zero-order valence-electron chi connectivity index (χ0n) is 7.37. The third-order valence-electron chi connectivity index (χ3n) is 1.20. The van der Waals surface area contributed by atoms with Crippen LogP contribution in [0.5, 0.6) is 0 Å². The van der Waals surface area contributed by atoms with Crippen LogP contribution in [0.1, 0.15) is 20.8 Å². The van der Waals surface area contributed by atoms with Gasteiger partial charge in [0.15, 0.2) is 0 Å². The second-order valence-corrected chi connectivity index (χ2v) is 6.06. The van der Waals surface area contributed by atoms with Crippen LogP contribution in [0, 0.1) is 0 Å². The van der Waals surface area contributed by atoms with Crippen molar-refractivity contribution in [1.82, 2.24) is 5.32 Å². The van der Waals surface area contributed by atoms with E-state index in [-0.39, 0.29) is 12.1 Å². The molecule has 0 aromatic carbocycles. The van der Waals surface area contributed by atoms with Crippen LogP contribution in [0.3, 0.4) is 0 Å². The second-order valence-electron chi connectivity index (χ2n) is 3.69. The molecule has 0 aromatic rings. The largest absolute Gasteiger partial charge is 0.387 e. The van der Waals surface area contributed by atoms with Gasteiger partial charge in [-0.15, -0.1) is 0 Å². The molecule has 1 atom stereocenters. The topological polar surface area (TPSA) is 32.3 Å². The summed E-state index contributed by atoms with van der Waals surface area (Å²) < 4.78 is -1.61. The maximum absolute atomic E-state index is 9.29. The highest BCUT2D eigenvalue weighted by molar-refractivity contribution is 6.68. The smallest absolute Gasteiger partial charge is 0.217 e. The quantitative estimate of drug-likeness (QED) is 0.717. The van der Waals surface area contributed by atoms with Gasteiger partial charge in [0.1, 0.15) is 6.10 Å². The average molecular weight is 235 g/mol. The summed E-state index contributed by atoms with van der Waals surface area (Å²) >= 11 is 16.4. The summed E-state index contributed by atoms with van der Waals surface area (Å²) in [5.74, 6) is 0. The lowest BCUT2D eigenvalue weighted by Gasteiger charge is -2.25. The predicted molar refractivity (Wildman–Crippen MR) is 54.1 cm³/mol. The Morgan fingerprint density at radius 3 is 1.92 bits per heavy atom. The van der Waals surface area contributed by atoms with Crippen molar-refractivity contribution in [2.75, 3.05) is 6.54 Å². The molecule has 0 aromatic heterocycles. The third-order valence-corrected chi connectivity index (χ3v) is 1.96. The minimum Gasteiger partial charge on any atom is -0.387 e. The Bertz CT molecular complexity index is 139. The van der Waals surface area contributed by atoms with E-state index in [0.29, 0.717) is 0 Å². The molecular formula is C7H14Cl3NO. The van der Waals surface area contributed by atoms with E-state index >= 15 is 0 Å². The maximum Gasteiger partial charge on any atom is 0.217 e. The Hall–Kier alpha value is 0.790. The number of aliphatic hydroxyl groups is 1. The van der Waals surface area contributed by atoms with Crippen molar-refractivity contribution in [2.24, 2.45) is 0 Å². The molecule has 0 spiro atoms. The molecule has 0 fully saturated rings. The van der Waals surface area contributed by atoms with Gasteiger partial charge in [0.05, 0.1) is 0 Å². The fourth-order valence-electron chi connectivity index (χ4n) is 0.519. The monoisotopic (exact) mass is 233 g/mol. The Morgan fingerprint density at radius 2 is 1.67 bits per heavy atom. The van der Waals surface area contributed by atoms with Gasteiger partial charge in [0.25, 0.3) is 0 Å². The van der Waals surface area contributed by atoms with Crippen molar-refractivity contribution < 1.29 is 5.11 Å². The number of hydrogen-bond donors (Lipinski definition) is 2. The van der Waals surface area contributed by atoms with Gasteiger partial charge in [-0.2, -0.15) is 0 Å². The SMILES string of the molecule is CC(C)(C)NC[C@@H](O)C(Cl)(Cl)Cl. The summed E-state index contributed by atoms with van der Waals surface area (Å²) in [7, 11) is 0. The van der Waals surface area contributed by atoms with E-state index in [1.807, 2.05) is 20.8 Å². The first kappa shape index (κ1) is 12.8. The van der Waals surface area contributed by atoms with E-state index in [4.69, 9.17) is 34.8 Å². The first-order valence-electron chi connectivity index (χ1n) is 3.63. The molecule has 12 heavy (non-hydrogen) atoms. The summed E-state index contributed by atoms with van der Waals surface area (Å²) in [5, 5.41) is 12.3. The normalized spacial score (nSPS) is 16.2. The molecule has 0 unspecified atom stereocenters. The van der Waals surface area contributed by atoms with E-state index in [0.717, 1.165) is 0 Å². The summed E-state index contributed by atoms with van der Waals surface area (Å²) in [4.78, 5) is 0. The molecular weight excluding hydrogens is 220 g/mol. The molecule has 0 heterocycles. The molecule has 0 amide bonds. The van der Waals surface area contributed by atoms with E-state index in [1.165, 1.54) is 0 Å². The standard InChI is InChI=1S/C7H14Cl3NO/c1-6(2,3)11-4-5(12)7(8,9)10/h5,11-12H,4H2,1-3H3/t5-/m1/s1. The Kier molecular flexibility index (Phi) is 4.62. The number of rotatable bonds is 2. The predicted octanol–water partition coefficient (Wildman–Crippen LogP) is 2.11. The first-order chi connectivity index (χ1) is 5.13. The van der Waals surface area contributed by atoms with Gasteiger partial charge in [-0.05, 0) is 20.8 Å². The first-order valence-corrected chi connectivity index (χ1v) is 4.76. The number of β-amino-alcohol motifs (C(OH)–C–C–N with tert-alkyl or cyclic N) is 1. The molecule has 0 radical (unpaired) electrons. The minimum absolute atomic E-state index is 0.0864. The van der Waals surface area contributed by atoms with Gasteiger partial charge >= 0.3 is 0 Å². The van der Waals surface area contributed by atoms with Crippen LogP contribution in [0.2, 0.25) is 0 Å². The van der Waals surface area contributed by atoms with Crippen LogP contribution in [-0.4, -0.2) is 27.1 Å². The van der Waals surface area contributed by atoms with Gasteiger partial charge in [0.2, 0.25) is 3.79 Å². The number of hydrogen-bond acceptors (Lipinski definition) is 2. The van der Waals surface area contributed by atoms with Crippen LogP contribution in [-0.2, 0) is 0 Å². The van der Waals surface area contributed by atoms with Crippen LogP contribution in [0.25, 0.3) is 0 Å². The van der Waals surface area contributed by atoms with Crippen molar-refractivity contribution in [1.29, 1.82) is 0 Å². The van der Waals surface area contributed by atoms with Crippen molar-refractivity contribution >= 4 is 34.8 Å². The molecule has 74 valence electrons. The number of aliphatic hydroxyl groups excluding tert-OH is 1. The molecule has 2 N–H and O–H groups in total. The molecule has 0 saturated heterocycles. The van der Waals surface area contributed by atoms with Crippen molar-refractivity contribution in [3.05, 3.63) is 0 Å². The molecule has 0 saturated carbocycles. The Balaban J connectivity index is 3.80. The van der Waals surface area contributed by atoms with Crippen LogP contribution in [0.4, 0.5) is 0 Å². The number of nitrogens with one attached hydrogen (secondary N) is 1. The summed E-state index contributed by atoms with van der Waals surface area (Å²) in [6.45, 7) is 6.17. The third kappa shape index (κ3) is 6.32. The lowest BCUT2D eigenvalue weighted by atomic mass is 10.1. The van der Waals surface area contributed by atoms with Crippen LogP contribution < -0.4 is 5.32 Å². The van der Waals surface area contributed by atoms with E-state index < -0.39 is 9.90 Å². The van der Waals surface area contributed by atoms with Crippen molar-refractivity contribution in [3.8, 4) is 0 Å². The van der Waals surface area contributed by atoms with Gasteiger partial charge < -0.3 is 10.4 Å². The highest BCUT2D eigenvalue weighted by Gasteiger charge is 2.31. The van der Waals surface area contributed by atoms with E-state index in [2.05, 4.69) is 5.32 Å². The highest BCUT2D eigenvalue weighted by atomic mass is 35.6. The summed E-state index contributed by atoms with van der Waals surface area (Å²) in [6.07, 6.45) is -0.985. The van der Waals surface area contributed by atoms with Gasteiger partial charge in [-0.1, -0.05) is 34.8 Å². The average Bonchev–Trinajstić information content (AvgIpc) is 1.78. The van der Waals surface area contributed by atoms with Crippen LogP contribution >= 0.6 is 34.8 Å². The lowest BCUT2D eigenvalue weighted by Crippen LogP contribution is -2.44. The van der Waals surface area contributed by atoms with E-state index in [9.17, 15) is 5.11 Å². The lowest BCUT2D eigenvalue weighted by molar-refractivity contribution is 0.164. The molecule has 2 nitrogen and oxygen atoms in total. The minimum atomic E-state index is -1.61. The molecule has 0 aliphatic carbocycles. The zero-order chi connectivity index (χ0) is 9.99. The fraction of sp³-hybridized carbons (Fsp3) is 1.00. The molecule has 0 aliphatic heterocycles. The van der Waals surface area contributed by atoms with Crippen LogP contribution in [0.15, 0.2) is 0 Å². The van der Waals surface area contributed by atoms with Gasteiger partial charge in [-0.25, -0.2) is 0 Å². The molecule has 0 rings (SSSR count). The van der Waals surface area contributed by atoms with Crippen molar-refractivity contribution in [2.45, 2.75) is 36.2 Å². The second kappa shape index (κ2) is 4.34. The Labute approximate surface area is 88.2 Å². The van der Waals surface area contributed by atoms with Crippen molar-refractivity contribution in [3.63, 3.8) is 0 Å². The van der Waals surface area contributed by atoms with Gasteiger partial charge in [0, 0.05) is 12.1 Å². The zero-order valence-corrected chi connectivity index (χ0v) is 9.63. The summed E-state index contributed by atoms with van der Waals surface area (Å²) in [6, 6.07) is 0. The number of halogens is 3. The molecule has 0 bridgehead atoms. The fourth-order valence-corrected chi connectivity index (χ4v) is 0.750. The summed E-state index contributed by atoms with van der Waals surface area (Å²) in [5.41, 5.74) is -0.0864. The highest BCUT2D eigenvalue weighted by Crippen LogP contribution is 2.29. The Morgan fingerprint density at radius 1 is 1.25 bits per heavy atom. The number of alkyl halides is 3. The molecule has 0 aliphatic rings. The van der Waals surface area contributed by atoms with Gasteiger partial charge in [-0.3, -0.25) is 0 Å². The van der Waals surface area contributed by atoms with E-state index in [1.54, 1.807) is 0 Å². The molecule has 5 heteroatoms. The maximum atomic E-state index is 9.29.